The number of hydrogen-bond donors (Lipinski definition) is 1. The first-order chi connectivity index (χ1) is 20.4. The van der Waals surface area contributed by atoms with Gasteiger partial charge < -0.3 is 38.3 Å². The molecule has 9 nitrogen and oxygen atoms in total. The van der Waals surface area contributed by atoms with Crippen LogP contribution in [0, 0.1) is 5.82 Å². The number of rotatable bonds is 4. The summed E-state index contributed by atoms with van der Waals surface area (Å²) >= 11 is 0. The number of benzene rings is 2. The standard InChI is InChI=1S/C32H35F3N2O7/c1-28(2)14-41-29(3,4)25-17-8-20(19(33)10-21(17)37(26(25)28)12-16-13-40-30(5,6)42-16)36-27(38)31(7)15-39-22-11-24-23(9-18(22)31)43-32(34,35)44-24/h8-11,16H,12-15H2,1-7H3,(H,36,38)/t16-,31+/m1/s1. The van der Waals surface area contributed by atoms with Crippen LogP contribution < -0.4 is 19.5 Å². The zero-order chi connectivity index (χ0) is 31.6. The Kier molecular flexibility index (Phi) is 6.01. The Bertz CT molecular complexity index is 1730. The first-order valence-corrected chi connectivity index (χ1v) is 14.6. The maximum Gasteiger partial charge on any atom is 0.586 e. The fourth-order valence-corrected chi connectivity index (χ4v) is 6.80. The lowest BCUT2D eigenvalue weighted by Gasteiger charge is -2.41. The van der Waals surface area contributed by atoms with E-state index >= 15 is 4.39 Å². The normalized spacial score (nSPS) is 26.7. The molecule has 1 amide bonds. The molecule has 4 aliphatic heterocycles. The summed E-state index contributed by atoms with van der Waals surface area (Å²) in [5, 5.41) is 3.49. The number of amides is 1. The Morgan fingerprint density at radius 2 is 1.66 bits per heavy atom. The van der Waals surface area contributed by atoms with Crippen LogP contribution in [0.2, 0.25) is 0 Å². The van der Waals surface area contributed by atoms with Gasteiger partial charge in [0.1, 0.15) is 29.7 Å². The first-order valence-electron chi connectivity index (χ1n) is 14.6. The SMILES string of the molecule is CC1(C)OC[C@@H](Cn2c3c(c4cc(NC(=O)[C@@]5(C)COc6cc7c(cc65)OC(F)(F)O7)c(F)cc42)C(C)(C)OCC3(C)C)O1. The minimum atomic E-state index is -3.82. The van der Waals surface area contributed by atoms with E-state index in [-0.39, 0.29) is 35.6 Å². The molecule has 2 atom stereocenters. The molecule has 0 bridgehead atoms. The second kappa shape index (κ2) is 9.04. The van der Waals surface area contributed by atoms with Crippen LogP contribution in [0.5, 0.6) is 17.2 Å². The lowest BCUT2D eigenvalue weighted by Crippen LogP contribution is -2.41. The molecule has 12 heteroatoms. The van der Waals surface area contributed by atoms with Gasteiger partial charge in [-0.2, -0.15) is 0 Å². The van der Waals surface area contributed by atoms with E-state index in [0.717, 1.165) is 16.6 Å². The molecule has 3 aromatic rings. The molecule has 0 radical (unpaired) electrons. The molecule has 44 heavy (non-hydrogen) atoms. The lowest BCUT2D eigenvalue weighted by atomic mass is 9.79. The number of fused-ring (bicyclic) bond motifs is 5. The van der Waals surface area contributed by atoms with Crippen LogP contribution in [0.4, 0.5) is 18.9 Å². The third-order valence-electron chi connectivity index (χ3n) is 9.01. The molecule has 1 fully saturated rings. The van der Waals surface area contributed by atoms with Crippen LogP contribution in [0.3, 0.4) is 0 Å². The van der Waals surface area contributed by atoms with Crippen LogP contribution in [0.15, 0.2) is 24.3 Å². The number of halogens is 3. The Hall–Kier alpha value is -3.48. The molecule has 0 unspecified atom stereocenters. The van der Waals surface area contributed by atoms with Gasteiger partial charge in [-0.3, -0.25) is 4.79 Å². The third-order valence-corrected chi connectivity index (χ3v) is 9.01. The van der Waals surface area contributed by atoms with Gasteiger partial charge in [-0.25, -0.2) is 4.39 Å². The first kappa shape index (κ1) is 29.2. The summed E-state index contributed by atoms with van der Waals surface area (Å²) in [6.45, 7) is 14.7. The Morgan fingerprint density at radius 3 is 2.34 bits per heavy atom. The maximum absolute atomic E-state index is 16.0. The number of aromatic nitrogens is 1. The van der Waals surface area contributed by atoms with Crippen LogP contribution in [0.1, 0.15) is 65.3 Å². The average molecular weight is 617 g/mol. The van der Waals surface area contributed by atoms with E-state index < -0.39 is 40.2 Å². The second-order valence-electron chi connectivity index (χ2n) is 13.9. The van der Waals surface area contributed by atoms with E-state index in [4.69, 9.17) is 18.9 Å². The molecule has 1 aromatic heterocycles. The monoisotopic (exact) mass is 616 g/mol. The van der Waals surface area contributed by atoms with Gasteiger partial charge in [0, 0.05) is 39.8 Å². The maximum atomic E-state index is 16.0. The summed E-state index contributed by atoms with van der Waals surface area (Å²) in [6, 6.07) is 5.65. The number of alkyl halides is 2. The quantitative estimate of drug-likeness (QED) is 0.380. The number of hydrogen-bond acceptors (Lipinski definition) is 7. The molecule has 5 heterocycles. The third kappa shape index (κ3) is 4.44. The summed E-state index contributed by atoms with van der Waals surface area (Å²) < 4.78 is 78.5. The van der Waals surface area contributed by atoms with Crippen LogP contribution >= 0.6 is 0 Å². The number of carbonyl (C=O) groups excluding carboxylic acids is 1. The summed E-state index contributed by atoms with van der Waals surface area (Å²) in [5.41, 5.74) is 0.455. The van der Waals surface area contributed by atoms with E-state index in [1.807, 2.05) is 27.7 Å². The van der Waals surface area contributed by atoms with Gasteiger partial charge in [-0.1, -0.05) is 13.8 Å². The molecule has 236 valence electrons. The fourth-order valence-electron chi connectivity index (χ4n) is 6.80. The number of ether oxygens (including phenoxy) is 6. The fraction of sp³-hybridized carbons (Fsp3) is 0.531. The highest BCUT2D eigenvalue weighted by Gasteiger charge is 2.49. The molecule has 0 saturated carbocycles. The number of carbonyl (C=O) groups is 1. The highest BCUT2D eigenvalue weighted by Crippen LogP contribution is 2.51. The van der Waals surface area contributed by atoms with E-state index in [0.29, 0.717) is 30.8 Å². The van der Waals surface area contributed by atoms with Crippen LogP contribution in [-0.2, 0) is 42.0 Å². The van der Waals surface area contributed by atoms with Crippen molar-refractivity contribution in [1.29, 1.82) is 0 Å². The molecule has 1 saturated heterocycles. The van der Waals surface area contributed by atoms with Crippen molar-refractivity contribution in [2.75, 3.05) is 25.1 Å². The van der Waals surface area contributed by atoms with E-state index in [1.165, 1.54) is 18.2 Å². The van der Waals surface area contributed by atoms with Gasteiger partial charge in [0.2, 0.25) is 5.91 Å². The summed E-state index contributed by atoms with van der Waals surface area (Å²) in [6.07, 6.45) is -4.06. The van der Waals surface area contributed by atoms with Gasteiger partial charge in [0.05, 0.1) is 36.6 Å². The van der Waals surface area contributed by atoms with Crippen LogP contribution in [-0.4, -0.2) is 48.5 Å². The second-order valence-corrected chi connectivity index (χ2v) is 13.9. The topological polar surface area (TPSA) is 89.4 Å². The summed E-state index contributed by atoms with van der Waals surface area (Å²) in [4.78, 5) is 13.8. The van der Waals surface area contributed by atoms with E-state index in [9.17, 15) is 13.6 Å². The number of nitrogens with zero attached hydrogens (tertiary/aromatic N) is 1. The van der Waals surface area contributed by atoms with Gasteiger partial charge >= 0.3 is 6.29 Å². The zero-order valence-corrected chi connectivity index (χ0v) is 25.7. The average Bonchev–Trinajstić information content (AvgIpc) is 3.62. The van der Waals surface area contributed by atoms with Gasteiger partial charge in [0.25, 0.3) is 0 Å². The molecular formula is C32H35F3N2O7. The Morgan fingerprint density at radius 1 is 0.955 bits per heavy atom. The number of anilines is 1. The molecule has 2 aromatic carbocycles. The molecule has 0 spiro atoms. The molecule has 1 N–H and O–H groups in total. The van der Waals surface area contributed by atoms with Crippen molar-refractivity contribution in [3.05, 3.63) is 46.9 Å². The Balaban J connectivity index is 1.29. The minimum Gasteiger partial charge on any atom is -0.492 e. The van der Waals surface area contributed by atoms with Crippen molar-refractivity contribution < 1.29 is 46.4 Å². The summed E-state index contributed by atoms with van der Waals surface area (Å²) in [7, 11) is 0. The molecule has 0 aliphatic carbocycles. The summed E-state index contributed by atoms with van der Waals surface area (Å²) in [5.74, 6) is -2.09. The Labute approximate surface area is 252 Å². The van der Waals surface area contributed by atoms with Gasteiger partial charge in [0.15, 0.2) is 17.3 Å². The van der Waals surface area contributed by atoms with Crippen molar-refractivity contribution in [2.24, 2.45) is 0 Å². The van der Waals surface area contributed by atoms with Crippen molar-refractivity contribution in [3.8, 4) is 17.2 Å². The smallest absolute Gasteiger partial charge is 0.492 e. The van der Waals surface area contributed by atoms with E-state index in [2.05, 4.69) is 33.2 Å². The zero-order valence-electron chi connectivity index (χ0n) is 25.7. The highest BCUT2D eigenvalue weighted by atomic mass is 19.3. The van der Waals surface area contributed by atoms with Crippen LogP contribution in [0.25, 0.3) is 10.9 Å². The number of nitrogens with one attached hydrogen (secondary N) is 1. The predicted molar refractivity (Wildman–Crippen MR) is 153 cm³/mol. The molecular weight excluding hydrogens is 581 g/mol. The van der Waals surface area contributed by atoms with Crippen molar-refractivity contribution in [3.63, 3.8) is 0 Å². The molecule has 7 rings (SSSR count). The van der Waals surface area contributed by atoms with Crippen molar-refractivity contribution >= 4 is 22.5 Å². The van der Waals surface area contributed by atoms with Gasteiger partial charge in [-0.15, -0.1) is 8.78 Å². The predicted octanol–water partition coefficient (Wildman–Crippen LogP) is 6.09. The van der Waals surface area contributed by atoms with Crippen molar-refractivity contribution in [1.82, 2.24) is 4.57 Å². The van der Waals surface area contributed by atoms with Crippen molar-refractivity contribution in [2.45, 2.75) is 89.6 Å². The lowest BCUT2D eigenvalue weighted by molar-refractivity contribution is -0.286. The van der Waals surface area contributed by atoms with Gasteiger partial charge in [-0.05, 0) is 46.8 Å². The molecule has 4 aliphatic rings. The minimum absolute atomic E-state index is 0.0230. The highest BCUT2D eigenvalue weighted by molar-refractivity contribution is 6.02. The van der Waals surface area contributed by atoms with E-state index in [1.54, 1.807) is 13.0 Å². The largest absolute Gasteiger partial charge is 0.586 e.